The highest BCUT2D eigenvalue weighted by Crippen LogP contribution is 2.08. The Kier molecular flexibility index (Phi) is 6.52. The smallest absolute Gasteiger partial charge is 0.237 e. The van der Waals surface area contributed by atoms with E-state index < -0.39 is 5.54 Å². The van der Waals surface area contributed by atoms with Crippen molar-refractivity contribution in [3.05, 3.63) is 0 Å². The molecule has 0 saturated carbocycles. The van der Waals surface area contributed by atoms with Crippen molar-refractivity contribution in [1.82, 2.24) is 5.32 Å². The van der Waals surface area contributed by atoms with Crippen LogP contribution in [-0.2, 0) is 9.53 Å². The van der Waals surface area contributed by atoms with Gasteiger partial charge in [0.15, 0.2) is 0 Å². The molecule has 0 heterocycles. The van der Waals surface area contributed by atoms with E-state index in [0.29, 0.717) is 18.9 Å². The van der Waals surface area contributed by atoms with Gasteiger partial charge in [0.1, 0.15) is 0 Å². The van der Waals surface area contributed by atoms with Crippen molar-refractivity contribution < 1.29 is 9.53 Å². The quantitative estimate of drug-likeness (QED) is 0.593. The molecule has 4 heteroatoms. The first-order chi connectivity index (χ1) is 6.92. The summed E-state index contributed by atoms with van der Waals surface area (Å²) in [4.78, 5) is 11.1. The number of likely N-dealkylation sites (N-methyl/N-ethyl adjacent to an activating group) is 1. The summed E-state index contributed by atoms with van der Waals surface area (Å²) in [6, 6.07) is 0. The van der Waals surface area contributed by atoms with Crippen molar-refractivity contribution in [1.29, 1.82) is 0 Å². The summed E-state index contributed by atoms with van der Waals surface area (Å²) < 4.78 is 5.44. The molecule has 0 aliphatic heterocycles. The maximum Gasteiger partial charge on any atom is 0.237 e. The lowest BCUT2D eigenvalue weighted by Crippen LogP contribution is -2.52. The zero-order valence-corrected chi connectivity index (χ0v) is 10.3. The van der Waals surface area contributed by atoms with Gasteiger partial charge in [-0.05, 0) is 32.7 Å². The van der Waals surface area contributed by atoms with Gasteiger partial charge in [0.05, 0.1) is 5.54 Å². The lowest BCUT2D eigenvalue weighted by molar-refractivity contribution is -0.124. The monoisotopic (exact) mass is 216 g/mol. The van der Waals surface area contributed by atoms with Gasteiger partial charge in [-0.25, -0.2) is 0 Å². The summed E-state index contributed by atoms with van der Waals surface area (Å²) >= 11 is 0. The van der Waals surface area contributed by atoms with Gasteiger partial charge in [-0.15, -0.1) is 0 Å². The fourth-order valence-electron chi connectivity index (χ4n) is 1.07. The molecule has 4 nitrogen and oxygen atoms in total. The molecule has 0 fully saturated rings. The Morgan fingerprint density at radius 3 is 2.47 bits per heavy atom. The second kappa shape index (κ2) is 6.80. The lowest BCUT2D eigenvalue weighted by Gasteiger charge is -2.25. The molecular weight excluding hydrogens is 192 g/mol. The minimum absolute atomic E-state index is 0.336. The molecule has 0 aromatic rings. The zero-order valence-electron chi connectivity index (χ0n) is 10.3. The van der Waals surface area contributed by atoms with Crippen LogP contribution in [0.15, 0.2) is 0 Å². The second-order valence-electron chi connectivity index (χ2n) is 4.49. The van der Waals surface area contributed by atoms with E-state index in [1.165, 1.54) is 0 Å². The van der Waals surface area contributed by atoms with Crippen LogP contribution in [0.25, 0.3) is 0 Å². The molecule has 0 aromatic heterocycles. The first kappa shape index (κ1) is 14.4. The highest BCUT2D eigenvalue weighted by Gasteiger charge is 2.28. The third-order valence-electron chi connectivity index (χ3n) is 2.68. The number of hydrogen-bond acceptors (Lipinski definition) is 3. The maximum absolute atomic E-state index is 11.1. The Bertz CT molecular complexity index is 195. The van der Waals surface area contributed by atoms with Gasteiger partial charge < -0.3 is 15.8 Å². The second-order valence-corrected chi connectivity index (χ2v) is 4.49. The number of ether oxygens (including phenoxy) is 1. The van der Waals surface area contributed by atoms with Gasteiger partial charge in [0.25, 0.3) is 0 Å². The van der Waals surface area contributed by atoms with Crippen molar-refractivity contribution in [2.45, 2.75) is 39.2 Å². The molecule has 0 radical (unpaired) electrons. The third-order valence-corrected chi connectivity index (χ3v) is 2.68. The van der Waals surface area contributed by atoms with Crippen LogP contribution in [0.5, 0.6) is 0 Å². The predicted molar refractivity (Wildman–Crippen MR) is 61.6 cm³/mol. The highest BCUT2D eigenvalue weighted by molar-refractivity contribution is 5.84. The molecule has 0 rings (SSSR count). The molecule has 0 saturated heterocycles. The number of rotatable bonds is 8. The number of primary amides is 1. The summed E-state index contributed by atoms with van der Waals surface area (Å²) in [5.41, 5.74) is 4.63. The largest absolute Gasteiger partial charge is 0.381 e. The van der Waals surface area contributed by atoms with E-state index in [9.17, 15) is 4.79 Å². The van der Waals surface area contributed by atoms with E-state index in [0.717, 1.165) is 13.0 Å². The van der Waals surface area contributed by atoms with E-state index >= 15 is 0 Å². The molecule has 15 heavy (non-hydrogen) atoms. The maximum atomic E-state index is 11.1. The van der Waals surface area contributed by atoms with E-state index in [1.807, 2.05) is 0 Å². The molecule has 0 aromatic carbocycles. The molecule has 0 bridgehead atoms. The summed E-state index contributed by atoms with van der Waals surface area (Å²) in [6.07, 6.45) is 1.66. The summed E-state index contributed by atoms with van der Waals surface area (Å²) in [5, 5.41) is 2.92. The number of nitrogens with two attached hydrogens (primary N) is 1. The van der Waals surface area contributed by atoms with Crippen molar-refractivity contribution >= 4 is 5.91 Å². The van der Waals surface area contributed by atoms with Crippen LogP contribution in [0, 0.1) is 5.92 Å². The van der Waals surface area contributed by atoms with E-state index in [2.05, 4.69) is 19.2 Å². The Morgan fingerprint density at radius 2 is 2.07 bits per heavy atom. The molecule has 1 atom stereocenters. The van der Waals surface area contributed by atoms with Crippen LogP contribution in [0.3, 0.4) is 0 Å². The summed E-state index contributed by atoms with van der Waals surface area (Å²) in [6.45, 7) is 7.42. The molecule has 0 aliphatic carbocycles. The molecule has 1 amide bonds. The predicted octanol–water partition coefficient (Wildman–Crippen LogP) is 0.903. The van der Waals surface area contributed by atoms with Gasteiger partial charge >= 0.3 is 0 Å². The van der Waals surface area contributed by atoms with Crippen LogP contribution in [-0.4, -0.2) is 31.7 Å². The third kappa shape index (κ3) is 5.74. The minimum Gasteiger partial charge on any atom is -0.381 e. The van der Waals surface area contributed by atoms with Gasteiger partial charge in [-0.1, -0.05) is 13.8 Å². The lowest BCUT2D eigenvalue weighted by atomic mass is 9.98. The molecule has 90 valence electrons. The SMILES string of the molecule is CNC(C)(CCOCCC(C)C)C(N)=O. The molecule has 0 spiro atoms. The Morgan fingerprint density at radius 1 is 1.47 bits per heavy atom. The first-order valence-electron chi connectivity index (χ1n) is 5.49. The fraction of sp³-hybridized carbons (Fsp3) is 0.909. The minimum atomic E-state index is -0.655. The van der Waals surface area contributed by atoms with Crippen LogP contribution in [0.2, 0.25) is 0 Å². The van der Waals surface area contributed by atoms with Crippen molar-refractivity contribution in [3.8, 4) is 0 Å². The van der Waals surface area contributed by atoms with Crippen LogP contribution >= 0.6 is 0 Å². The number of hydrogen-bond donors (Lipinski definition) is 2. The number of amides is 1. The van der Waals surface area contributed by atoms with E-state index in [1.54, 1.807) is 14.0 Å². The summed E-state index contributed by atoms with van der Waals surface area (Å²) in [5.74, 6) is 0.314. The van der Waals surface area contributed by atoms with Crippen molar-refractivity contribution in [2.24, 2.45) is 11.7 Å². The number of carbonyl (C=O) groups excluding carboxylic acids is 1. The average Bonchev–Trinajstić information content (AvgIpc) is 2.16. The summed E-state index contributed by atoms with van der Waals surface area (Å²) in [7, 11) is 1.73. The molecular formula is C11H24N2O2. The number of carbonyl (C=O) groups is 1. The zero-order chi connectivity index (χ0) is 11.9. The Balaban J connectivity index is 3.69. The number of nitrogens with one attached hydrogen (secondary N) is 1. The van der Waals surface area contributed by atoms with Crippen molar-refractivity contribution in [2.75, 3.05) is 20.3 Å². The molecule has 0 aliphatic rings. The molecule has 1 unspecified atom stereocenters. The van der Waals surface area contributed by atoms with Gasteiger partial charge in [0, 0.05) is 13.2 Å². The van der Waals surface area contributed by atoms with E-state index in [4.69, 9.17) is 10.5 Å². The average molecular weight is 216 g/mol. The topological polar surface area (TPSA) is 64.3 Å². The van der Waals surface area contributed by atoms with E-state index in [-0.39, 0.29) is 5.91 Å². The van der Waals surface area contributed by atoms with Crippen LogP contribution < -0.4 is 11.1 Å². The Labute approximate surface area is 92.6 Å². The van der Waals surface area contributed by atoms with Crippen molar-refractivity contribution in [3.63, 3.8) is 0 Å². The normalized spacial score (nSPS) is 15.3. The molecule has 3 N–H and O–H groups in total. The standard InChI is InChI=1S/C11H24N2O2/c1-9(2)5-7-15-8-6-11(3,13-4)10(12)14/h9,13H,5-8H2,1-4H3,(H2,12,14). The van der Waals surface area contributed by atoms with Gasteiger partial charge in [0.2, 0.25) is 5.91 Å². The van der Waals surface area contributed by atoms with Crippen LogP contribution in [0.1, 0.15) is 33.6 Å². The van der Waals surface area contributed by atoms with Gasteiger partial charge in [-0.2, -0.15) is 0 Å². The van der Waals surface area contributed by atoms with Crippen LogP contribution in [0.4, 0.5) is 0 Å². The fourth-order valence-corrected chi connectivity index (χ4v) is 1.07. The Hall–Kier alpha value is -0.610. The first-order valence-corrected chi connectivity index (χ1v) is 5.49. The highest BCUT2D eigenvalue weighted by atomic mass is 16.5. The van der Waals surface area contributed by atoms with Gasteiger partial charge in [-0.3, -0.25) is 4.79 Å².